The molecule has 0 aliphatic heterocycles. The zero-order valence-corrected chi connectivity index (χ0v) is 11.7. The Labute approximate surface area is 115 Å². The van der Waals surface area contributed by atoms with Crippen LogP contribution in [0.15, 0.2) is 17.8 Å². The van der Waals surface area contributed by atoms with Crippen molar-refractivity contribution in [3.05, 3.63) is 12.7 Å². The molecule has 0 bridgehead atoms. The second-order valence-corrected chi connectivity index (χ2v) is 4.37. The highest BCUT2D eigenvalue weighted by molar-refractivity contribution is 7.99. The monoisotopic (exact) mass is 287 g/mol. The Morgan fingerprint density at radius 3 is 2.95 bits per heavy atom. The highest BCUT2D eigenvalue weighted by Gasteiger charge is 2.14. The Bertz CT molecular complexity index is 408. The summed E-state index contributed by atoms with van der Waals surface area (Å²) in [6.45, 7) is 4.32. The number of nitrogens with one attached hydrogen (secondary N) is 1. The van der Waals surface area contributed by atoms with Gasteiger partial charge in [-0.2, -0.15) is 0 Å². The smallest absolute Gasteiger partial charge is 0.230 e. The maximum absolute atomic E-state index is 11.4. The molecule has 8 nitrogen and oxygen atoms in total. The van der Waals surface area contributed by atoms with Crippen LogP contribution in [0.2, 0.25) is 0 Å². The summed E-state index contributed by atoms with van der Waals surface area (Å²) in [7, 11) is 3.07. The van der Waals surface area contributed by atoms with Crippen LogP contribution in [0.3, 0.4) is 0 Å². The molecule has 1 heterocycles. The number of thioether (sulfide) groups is 1. The number of rotatable bonds is 9. The Morgan fingerprint density at radius 1 is 1.58 bits per heavy atom. The summed E-state index contributed by atoms with van der Waals surface area (Å²) in [5.74, 6) is 0.133. The van der Waals surface area contributed by atoms with Gasteiger partial charge in [-0.1, -0.05) is 17.8 Å². The minimum atomic E-state index is -0.433. The number of carbonyl (C=O) groups is 1. The van der Waals surface area contributed by atoms with Crippen molar-refractivity contribution in [3.63, 3.8) is 0 Å². The molecule has 1 aromatic rings. The predicted octanol–water partition coefficient (Wildman–Crippen LogP) is -0.314. The number of hydrogen-bond donors (Lipinski definition) is 1. The van der Waals surface area contributed by atoms with Crippen molar-refractivity contribution in [1.82, 2.24) is 25.5 Å². The fourth-order valence-electron chi connectivity index (χ4n) is 1.17. The Morgan fingerprint density at radius 2 is 2.32 bits per heavy atom. The lowest BCUT2D eigenvalue weighted by Crippen LogP contribution is -2.25. The van der Waals surface area contributed by atoms with Gasteiger partial charge in [0.05, 0.1) is 12.3 Å². The highest BCUT2D eigenvalue weighted by Crippen LogP contribution is 2.13. The van der Waals surface area contributed by atoms with Crippen molar-refractivity contribution >= 4 is 17.7 Å². The van der Waals surface area contributed by atoms with Gasteiger partial charge in [0.1, 0.15) is 0 Å². The first-order chi connectivity index (χ1) is 9.21. The molecule has 0 unspecified atom stereocenters. The molecular formula is C10H17N5O3S. The molecule has 1 N–H and O–H groups in total. The molecule has 0 aromatic carbocycles. The molecule has 0 saturated carbocycles. The van der Waals surface area contributed by atoms with Crippen LogP contribution in [0.1, 0.15) is 0 Å². The average Bonchev–Trinajstić information content (AvgIpc) is 2.87. The summed E-state index contributed by atoms with van der Waals surface area (Å²) in [5, 5.41) is 14.4. The topological polar surface area (TPSA) is 91.2 Å². The molecular weight excluding hydrogens is 270 g/mol. The van der Waals surface area contributed by atoms with Gasteiger partial charge in [0.2, 0.25) is 11.1 Å². The second kappa shape index (κ2) is 8.62. The van der Waals surface area contributed by atoms with E-state index in [0.29, 0.717) is 18.2 Å². The number of hydrogen-bond acceptors (Lipinski definition) is 7. The van der Waals surface area contributed by atoms with Crippen LogP contribution in [0.4, 0.5) is 0 Å². The third-order valence-corrected chi connectivity index (χ3v) is 3.08. The SMILES string of the molecule is C=CCNC(=O)CSc1nnnn1CC(OC)OC. The number of ether oxygens (including phenoxy) is 2. The molecule has 0 radical (unpaired) electrons. The largest absolute Gasteiger partial charge is 0.354 e. The minimum absolute atomic E-state index is 0.102. The van der Waals surface area contributed by atoms with Crippen LogP contribution in [0.25, 0.3) is 0 Å². The molecule has 1 rings (SSSR count). The first-order valence-corrected chi connectivity index (χ1v) is 6.52. The predicted molar refractivity (Wildman–Crippen MR) is 69.6 cm³/mol. The quantitative estimate of drug-likeness (QED) is 0.378. The Kier molecular flexibility index (Phi) is 7.08. The summed E-state index contributed by atoms with van der Waals surface area (Å²) in [5.41, 5.74) is 0. The number of carbonyl (C=O) groups excluding carboxylic acids is 1. The van der Waals surface area contributed by atoms with E-state index in [0.717, 1.165) is 0 Å². The molecule has 106 valence electrons. The van der Waals surface area contributed by atoms with Gasteiger partial charge in [-0.25, -0.2) is 4.68 Å². The van der Waals surface area contributed by atoms with Gasteiger partial charge in [0.25, 0.3) is 0 Å². The summed E-state index contributed by atoms with van der Waals surface area (Å²) in [6, 6.07) is 0. The molecule has 0 aliphatic carbocycles. The maximum Gasteiger partial charge on any atom is 0.230 e. The van der Waals surface area contributed by atoms with Gasteiger partial charge in [0.15, 0.2) is 6.29 Å². The molecule has 19 heavy (non-hydrogen) atoms. The standard InChI is InChI=1S/C10H17N5O3S/c1-4-5-11-8(16)7-19-10-12-13-14-15(10)6-9(17-2)18-3/h4,9H,1,5-7H2,2-3H3,(H,11,16). The van der Waals surface area contributed by atoms with Crippen molar-refractivity contribution in [3.8, 4) is 0 Å². The van der Waals surface area contributed by atoms with E-state index in [1.807, 2.05) is 0 Å². The Hall–Kier alpha value is -1.45. The minimum Gasteiger partial charge on any atom is -0.354 e. The van der Waals surface area contributed by atoms with Gasteiger partial charge in [-0.05, 0) is 10.4 Å². The first-order valence-electron chi connectivity index (χ1n) is 5.53. The highest BCUT2D eigenvalue weighted by atomic mass is 32.2. The summed E-state index contributed by atoms with van der Waals surface area (Å²) in [6.07, 6.45) is 1.19. The number of tetrazole rings is 1. The summed E-state index contributed by atoms with van der Waals surface area (Å²) < 4.78 is 11.7. The second-order valence-electron chi connectivity index (χ2n) is 3.43. The van der Waals surface area contributed by atoms with Crippen molar-refractivity contribution in [1.29, 1.82) is 0 Å². The normalized spacial score (nSPS) is 10.7. The molecule has 0 spiro atoms. The van der Waals surface area contributed by atoms with Crippen molar-refractivity contribution in [2.45, 2.75) is 18.0 Å². The van der Waals surface area contributed by atoms with E-state index in [-0.39, 0.29) is 11.7 Å². The van der Waals surface area contributed by atoms with Crippen molar-refractivity contribution < 1.29 is 14.3 Å². The fraction of sp³-hybridized carbons (Fsp3) is 0.600. The van der Waals surface area contributed by atoms with Crippen LogP contribution in [-0.4, -0.2) is 58.9 Å². The fourth-order valence-corrected chi connectivity index (χ4v) is 1.88. The molecule has 9 heteroatoms. The number of aromatic nitrogens is 4. The third kappa shape index (κ3) is 5.37. The van der Waals surface area contributed by atoms with Crippen LogP contribution in [0.5, 0.6) is 0 Å². The van der Waals surface area contributed by atoms with Crippen LogP contribution in [-0.2, 0) is 20.8 Å². The van der Waals surface area contributed by atoms with E-state index in [1.54, 1.807) is 6.08 Å². The van der Waals surface area contributed by atoms with E-state index in [9.17, 15) is 4.79 Å². The molecule has 0 atom stereocenters. The zero-order chi connectivity index (χ0) is 14.1. The number of amides is 1. The van der Waals surface area contributed by atoms with E-state index in [1.165, 1.54) is 30.7 Å². The summed E-state index contributed by atoms with van der Waals surface area (Å²) >= 11 is 1.24. The molecule has 0 aliphatic rings. The van der Waals surface area contributed by atoms with Gasteiger partial charge in [-0.3, -0.25) is 4.79 Å². The zero-order valence-electron chi connectivity index (χ0n) is 10.9. The summed E-state index contributed by atoms with van der Waals surface area (Å²) in [4.78, 5) is 11.4. The Balaban J connectivity index is 2.48. The van der Waals surface area contributed by atoms with E-state index in [4.69, 9.17) is 9.47 Å². The van der Waals surface area contributed by atoms with Crippen LogP contribution in [0, 0.1) is 0 Å². The molecule has 1 aromatic heterocycles. The molecule has 1 amide bonds. The van der Waals surface area contributed by atoms with Gasteiger partial charge >= 0.3 is 0 Å². The van der Waals surface area contributed by atoms with E-state index in [2.05, 4.69) is 27.4 Å². The van der Waals surface area contributed by atoms with Crippen molar-refractivity contribution in [2.24, 2.45) is 0 Å². The lowest BCUT2D eigenvalue weighted by molar-refractivity contribution is -0.118. The lowest BCUT2D eigenvalue weighted by atomic mass is 10.6. The average molecular weight is 287 g/mol. The lowest BCUT2D eigenvalue weighted by Gasteiger charge is -2.13. The van der Waals surface area contributed by atoms with Crippen LogP contribution >= 0.6 is 11.8 Å². The first kappa shape index (κ1) is 15.6. The van der Waals surface area contributed by atoms with E-state index < -0.39 is 6.29 Å². The maximum atomic E-state index is 11.4. The van der Waals surface area contributed by atoms with Gasteiger partial charge in [0, 0.05) is 20.8 Å². The van der Waals surface area contributed by atoms with Crippen LogP contribution < -0.4 is 5.32 Å². The molecule has 0 saturated heterocycles. The number of methoxy groups -OCH3 is 2. The van der Waals surface area contributed by atoms with Crippen molar-refractivity contribution in [2.75, 3.05) is 26.5 Å². The van der Waals surface area contributed by atoms with Gasteiger partial charge in [-0.15, -0.1) is 11.7 Å². The van der Waals surface area contributed by atoms with Gasteiger partial charge < -0.3 is 14.8 Å². The van der Waals surface area contributed by atoms with E-state index >= 15 is 0 Å². The third-order valence-electron chi connectivity index (χ3n) is 2.12. The molecule has 0 fully saturated rings. The number of nitrogens with zero attached hydrogens (tertiary/aromatic N) is 4.